The predicted octanol–water partition coefficient (Wildman–Crippen LogP) is 2.31. The Morgan fingerprint density at radius 3 is 2.77 bits per heavy atom. The van der Waals surface area contributed by atoms with Crippen molar-refractivity contribution in [1.29, 1.82) is 0 Å². The summed E-state index contributed by atoms with van der Waals surface area (Å²) in [6, 6.07) is 5.42. The number of nitrogens with zero attached hydrogens (tertiary/aromatic N) is 2. The van der Waals surface area contributed by atoms with E-state index in [1.807, 2.05) is 19.1 Å². The second kappa shape index (κ2) is 7.61. The third-order valence-corrected chi connectivity index (χ3v) is 5.45. The molecular formula is C18H21N3O4S. The number of ether oxygens (including phenoxy) is 3. The molecule has 2 aliphatic rings. The molecule has 7 nitrogen and oxygen atoms in total. The van der Waals surface area contributed by atoms with Crippen LogP contribution in [0.2, 0.25) is 0 Å². The minimum Gasteiger partial charge on any atom is -0.486 e. The molecule has 138 valence electrons. The molecule has 1 N–H and O–H groups in total. The van der Waals surface area contributed by atoms with Crippen LogP contribution in [-0.2, 0) is 11.3 Å². The molecule has 0 aliphatic carbocycles. The highest BCUT2D eigenvalue weighted by atomic mass is 32.1. The number of aryl methyl sites for hydroxylation is 1. The van der Waals surface area contributed by atoms with Crippen molar-refractivity contribution in [3.63, 3.8) is 0 Å². The van der Waals surface area contributed by atoms with E-state index in [1.165, 1.54) is 11.3 Å². The van der Waals surface area contributed by atoms with E-state index >= 15 is 0 Å². The van der Waals surface area contributed by atoms with Crippen molar-refractivity contribution in [3.8, 4) is 11.5 Å². The molecule has 0 unspecified atom stereocenters. The number of benzene rings is 1. The fourth-order valence-electron chi connectivity index (χ4n) is 2.99. The van der Waals surface area contributed by atoms with Crippen molar-refractivity contribution in [1.82, 2.24) is 9.88 Å². The molecule has 1 aromatic heterocycles. The molecule has 26 heavy (non-hydrogen) atoms. The number of carbonyl (C=O) groups is 1. The maximum absolute atomic E-state index is 12.7. The third-order valence-electron chi connectivity index (χ3n) is 4.31. The average molecular weight is 375 g/mol. The normalized spacial score (nSPS) is 17.1. The van der Waals surface area contributed by atoms with E-state index in [9.17, 15) is 4.79 Å². The van der Waals surface area contributed by atoms with Gasteiger partial charge in [-0.1, -0.05) is 0 Å². The smallest absolute Gasteiger partial charge is 0.267 e. The topological polar surface area (TPSA) is 72.9 Å². The Morgan fingerprint density at radius 2 is 1.96 bits per heavy atom. The zero-order valence-corrected chi connectivity index (χ0v) is 15.4. The number of morpholine rings is 1. The number of anilines is 1. The molecule has 0 saturated carbocycles. The summed E-state index contributed by atoms with van der Waals surface area (Å²) in [5.74, 6) is 1.21. The van der Waals surface area contributed by atoms with Gasteiger partial charge in [0.1, 0.15) is 23.1 Å². The fraction of sp³-hybridized carbons (Fsp3) is 0.444. The number of aromatic nitrogens is 1. The summed E-state index contributed by atoms with van der Waals surface area (Å²) in [7, 11) is 0. The van der Waals surface area contributed by atoms with Crippen LogP contribution in [0.1, 0.15) is 20.4 Å². The van der Waals surface area contributed by atoms with Crippen molar-refractivity contribution in [2.24, 2.45) is 0 Å². The highest BCUT2D eigenvalue weighted by Crippen LogP contribution is 2.33. The highest BCUT2D eigenvalue weighted by Gasteiger charge is 2.19. The van der Waals surface area contributed by atoms with Gasteiger partial charge in [0.15, 0.2) is 11.5 Å². The van der Waals surface area contributed by atoms with Crippen LogP contribution in [0.25, 0.3) is 0 Å². The van der Waals surface area contributed by atoms with Gasteiger partial charge in [0.25, 0.3) is 5.91 Å². The van der Waals surface area contributed by atoms with Crippen LogP contribution in [-0.4, -0.2) is 55.3 Å². The first-order valence-electron chi connectivity index (χ1n) is 8.66. The average Bonchev–Trinajstić information content (AvgIpc) is 3.03. The number of hydrogen-bond donors (Lipinski definition) is 1. The molecule has 1 amide bonds. The number of carbonyl (C=O) groups excluding carboxylic acids is 1. The molecule has 1 saturated heterocycles. The van der Waals surface area contributed by atoms with Gasteiger partial charge in [0.2, 0.25) is 0 Å². The van der Waals surface area contributed by atoms with E-state index in [0.717, 1.165) is 43.5 Å². The fourth-order valence-corrected chi connectivity index (χ4v) is 3.99. The van der Waals surface area contributed by atoms with Crippen LogP contribution >= 0.6 is 11.3 Å². The molecule has 2 aromatic rings. The number of thiazole rings is 1. The third kappa shape index (κ3) is 3.82. The number of hydrogen-bond acceptors (Lipinski definition) is 7. The van der Waals surface area contributed by atoms with Gasteiger partial charge in [0, 0.05) is 24.8 Å². The largest absolute Gasteiger partial charge is 0.486 e. The Hall–Kier alpha value is -2.16. The quantitative estimate of drug-likeness (QED) is 0.884. The van der Waals surface area contributed by atoms with E-state index < -0.39 is 0 Å². The second-order valence-corrected chi connectivity index (χ2v) is 7.31. The Morgan fingerprint density at radius 1 is 1.19 bits per heavy atom. The number of rotatable bonds is 4. The van der Waals surface area contributed by atoms with Gasteiger partial charge in [-0.05, 0) is 19.1 Å². The lowest BCUT2D eigenvalue weighted by Crippen LogP contribution is -2.35. The number of fused-ring (bicyclic) bond motifs is 1. The van der Waals surface area contributed by atoms with E-state index in [2.05, 4.69) is 15.2 Å². The summed E-state index contributed by atoms with van der Waals surface area (Å²) < 4.78 is 16.4. The van der Waals surface area contributed by atoms with Crippen LogP contribution in [0, 0.1) is 6.92 Å². The number of amides is 1. The van der Waals surface area contributed by atoms with Crippen LogP contribution in [0.15, 0.2) is 18.2 Å². The lowest BCUT2D eigenvalue weighted by atomic mass is 10.2. The van der Waals surface area contributed by atoms with Crippen LogP contribution in [0.3, 0.4) is 0 Å². The lowest BCUT2D eigenvalue weighted by molar-refractivity contribution is 0.0341. The minimum atomic E-state index is -0.148. The predicted molar refractivity (Wildman–Crippen MR) is 98.3 cm³/mol. The minimum absolute atomic E-state index is 0.148. The standard InChI is InChI=1S/C18H21N3O4S/c1-12-17(26-16(19-12)11-21-4-6-23-7-5-21)18(22)20-13-2-3-14-15(10-13)25-9-8-24-14/h2-3,10H,4-9,11H2,1H3,(H,20,22). The van der Waals surface area contributed by atoms with E-state index in [0.29, 0.717) is 35.3 Å². The van der Waals surface area contributed by atoms with Crippen LogP contribution in [0.5, 0.6) is 11.5 Å². The summed E-state index contributed by atoms with van der Waals surface area (Å²) in [6.07, 6.45) is 0. The van der Waals surface area contributed by atoms with Crippen molar-refractivity contribution >= 4 is 22.9 Å². The maximum Gasteiger partial charge on any atom is 0.267 e. The van der Waals surface area contributed by atoms with Gasteiger partial charge >= 0.3 is 0 Å². The first kappa shape index (κ1) is 17.3. The van der Waals surface area contributed by atoms with Crippen molar-refractivity contribution in [3.05, 3.63) is 33.8 Å². The monoisotopic (exact) mass is 375 g/mol. The Balaban J connectivity index is 1.44. The van der Waals surface area contributed by atoms with Gasteiger partial charge in [0.05, 0.1) is 25.5 Å². The molecular weight excluding hydrogens is 354 g/mol. The highest BCUT2D eigenvalue weighted by molar-refractivity contribution is 7.13. The van der Waals surface area contributed by atoms with Gasteiger partial charge in [-0.25, -0.2) is 4.98 Å². The molecule has 0 spiro atoms. The first-order valence-corrected chi connectivity index (χ1v) is 9.48. The Kier molecular flexibility index (Phi) is 5.05. The van der Waals surface area contributed by atoms with E-state index in [4.69, 9.17) is 14.2 Å². The van der Waals surface area contributed by atoms with Crippen molar-refractivity contribution in [2.45, 2.75) is 13.5 Å². The molecule has 1 fully saturated rings. The van der Waals surface area contributed by atoms with E-state index in [-0.39, 0.29) is 5.91 Å². The molecule has 0 radical (unpaired) electrons. The maximum atomic E-state index is 12.7. The molecule has 0 bridgehead atoms. The van der Waals surface area contributed by atoms with Crippen LogP contribution < -0.4 is 14.8 Å². The molecule has 4 rings (SSSR count). The SMILES string of the molecule is Cc1nc(CN2CCOCC2)sc1C(=O)Nc1ccc2c(c1)OCCO2. The first-order chi connectivity index (χ1) is 12.7. The molecule has 8 heteroatoms. The summed E-state index contributed by atoms with van der Waals surface area (Å²) in [6.45, 7) is 7.00. The Bertz CT molecular complexity index is 802. The van der Waals surface area contributed by atoms with Gasteiger partial charge < -0.3 is 19.5 Å². The summed E-state index contributed by atoms with van der Waals surface area (Å²) >= 11 is 1.45. The summed E-state index contributed by atoms with van der Waals surface area (Å²) in [5.41, 5.74) is 1.44. The van der Waals surface area contributed by atoms with Gasteiger partial charge in [-0.3, -0.25) is 9.69 Å². The Labute approximate surface area is 155 Å². The second-order valence-electron chi connectivity index (χ2n) is 6.22. The van der Waals surface area contributed by atoms with Crippen molar-refractivity contribution in [2.75, 3.05) is 44.8 Å². The van der Waals surface area contributed by atoms with Crippen molar-refractivity contribution < 1.29 is 19.0 Å². The molecule has 2 aliphatic heterocycles. The molecule has 3 heterocycles. The van der Waals surface area contributed by atoms with Crippen LogP contribution in [0.4, 0.5) is 5.69 Å². The van der Waals surface area contributed by atoms with Gasteiger partial charge in [-0.2, -0.15) is 0 Å². The van der Waals surface area contributed by atoms with E-state index in [1.54, 1.807) is 6.07 Å². The summed E-state index contributed by atoms with van der Waals surface area (Å²) in [4.78, 5) is 20.2. The lowest BCUT2D eigenvalue weighted by Gasteiger charge is -2.25. The van der Waals surface area contributed by atoms with Gasteiger partial charge in [-0.15, -0.1) is 11.3 Å². The zero-order valence-electron chi connectivity index (χ0n) is 14.6. The zero-order chi connectivity index (χ0) is 17.9. The molecule has 1 aromatic carbocycles. The summed E-state index contributed by atoms with van der Waals surface area (Å²) in [5, 5.41) is 3.88. The number of nitrogens with one attached hydrogen (secondary N) is 1. The molecule has 0 atom stereocenters.